The van der Waals surface area contributed by atoms with Gasteiger partial charge in [0, 0.05) is 24.7 Å². The fourth-order valence-corrected chi connectivity index (χ4v) is 2.34. The maximum Gasteiger partial charge on any atom is 0.353 e. The Morgan fingerprint density at radius 3 is 2.43 bits per heavy atom. The molecule has 23 heavy (non-hydrogen) atoms. The summed E-state index contributed by atoms with van der Waals surface area (Å²) < 4.78 is 0. The lowest BCUT2D eigenvalue weighted by Gasteiger charge is -2.20. The quantitative estimate of drug-likeness (QED) is 0.615. The molecule has 0 bridgehead atoms. The van der Waals surface area contributed by atoms with E-state index in [4.69, 9.17) is 11.6 Å². The summed E-state index contributed by atoms with van der Waals surface area (Å²) >= 11 is 5.85. The third kappa shape index (κ3) is 4.07. The SMILES string of the molecule is CCN(CC)c1ncnc(NCc2ccc(Cl)cc2)c1[N+](=O)[O-]. The number of rotatable bonds is 7. The van der Waals surface area contributed by atoms with Crippen LogP contribution in [-0.4, -0.2) is 28.0 Å². The number of halogens is 1. The molecule has 0 saturated carbocycles. The van der Waals surface area contributed by atoms with Crippen LogP contribution in [0.15, 0.2) is 30.6 Å². The number of anilines is 2. The summed E-state index contributed by atoms with van der Waals surface area (Å²) in [5.74, 6) is 0.537. The van der Waals surface area contributed by atoms with Crippen molar-refractivity contribution in [2.24, 2.45) is 0 Å². The Morgan fingerprint density at radius 2 is 1.87 bits per heavy atom. The molecule has 0 aliphatic heterocycles. The molecule has 0 radical (unpaired) electrons. The van der Waals surface area contributed by atoms with E-state index in [0.717, 1.165) is 5.56 Å². The van der Waals surface area contributed by atoms with Crippen molar-refractivity contribution in [3.05, 3.63) is 51.3 Å². The maximum absolute atomic E-state index is 11.5. The zero-order chi connectivity index (χ0) is 16.8. The molecule has 0 unspecified atom stereocenters. The van der Waals surface area contributed by atoms with Crippen LogP contribution in [-0.2, 0) is 6.54 Å². The highest BCUT2D eigenvalue weighted by Crippen LogP contribution is 2.31. The number of nitro groups is 1. The van der Waals surface area contributed by atoms with Crippen LogP contribution in [0, 0.1) is 10.1 Å². The van der Waals surface area contributed by atoms with Crippen molar-refractivity contribution in [1.82, 2.24) is 9.97 Å². The van der Waals surface area contributed by atoms with Crippen molar-refractivity contribution >= 4 is 28.9 Å². The molecule has 0 fully saturated rings. The lowest BCUT2D eigenvalue weighted by molar-refractivity contribution is -0.383. The number of nitrogens with one attached hydrogen (secondary N) is 1. The molecule has 0 aliphatic rings. The molecule has 2 aromatic rings. The molecule has 1 heterocycles. The number of hydrogen-bond acceptors (Lipinski definition) is 6. The Hall–Kier alpha value is -2.41. The molecule has 8 heteroatoms. The van der Waals surface area contributed by atoms with Crippen LogP contribution in [0.1, 0.15) is 19.4 Å². The summed E-state index contributed by atoms with van der Waals surface area (Å²) in [6.45, 7) is 5.52. The molecule has 1 aromatic heterocycles. The van der Waals surface area contributed by atoms with Crippen LogP contribution in [0.4, 0.5) is 17.3 Å². The third-order valence-electron chi connectivity index (χ3n) is 3.42. The van der Waals surface area contributed by atoms with E-state index >= 15 is 0 Å². The van der Waals surface area contributed by atoms with Gasteiger partial charge in [-0.3, -0.25) is 10.1 Å². The Bertz CT molecular complexity index is 674. The minimum Gasteiger partial charge on any atom is -0.360 e. The van der Waals surface area contributed by atoms with Crippen molar-refractivity contribution in [2.45, 2.75) is 20.4 Å². The first-order valence-corrected chi connectivity index (χ1v) is 7.67. The Kier molecular flexibility index (Phi) is 5.70. The summed E-state index contributed by atoms with van der Waals surface area (Å²) in [6.07, 6.45) is 1.34. The van der Waals surface area contributed by atoms with Crippen molar-refractivity contribution < 1.29 is 4.92 Å². The van der Waals surface area contributed by atoms with E-state index in [1.165, 1.54) is 6.33 Å². The van der Waals surface area contributed by atoms with Gasteiger partial charge in [-0.05, 0) is 31.5 Å². The number of aromatic nitrogens is 2. The molecule has 2 rings (SSSR count). The molecule has 0 amide bonds. The lowest BCUT2D eigenvalue weighted by Crippen LogP contribution is -2.24. The first kappa shape index (κ1) is 17.0. The molecule has 1 N–H and O–H groups in total. The normalized spacial score (nSPS) is 10.4. The van der Waals surface area contributed by atoms with Gasteiger partial charge in [0.05, 0.1) is 4.92 Å². The molecule has 1 aromatic carbocycles. The van der Waals surface area contributed by atoms with Gasteiger partial charge in [-0.1, -0.05) is 23.7 Å². The van der Waals surface area contributed by atoms with Crippen molar-refractivity contribution in [3.63, 3.8) is 0 Å². The summed E-state index contributed by atoms with van der Waals surface area (Å²) in [5.41, 5.74) is 0.844. The van der Waals surface area contributed by atoms with Crippen LogP contribution < -0.4 is 10.2 Å². The van der Waals surface area contributed by atoms with Gasteiger partial charge >= 0.3 is 5.69 Å². The van der Waals surface area contributed by atoms with Crippen LogP contribution in [0.3, 0.4) is 0 Å². The van der Waals surface area contributed by atoms with Crippen LogP contribution >= 0.6 is 11.6 Å². The number of hydrogen-bond donors (Lipinski definition) is 1. The minimum atomic E-state index is -0.447. The average molecular weight is 336 g/mol. The molecule has 0 saturated heterocycles. The smallest absolute Gasteiger partial charge is 0.353 e. The molecule has 7 nitrogen and oxygen atoms in total. The van der Waals surface area contributed by atoms with E-state index in [2.05, 4.69) is 15.3 Å². The molecule has 0 spiro atoms. The third-order valence-corrected chi connectivity index (χ3v) is 3.67. The number of benzene rings is 1. The van der Waals surface area contributed by atoms with Gasteiger partial charge in [0.15, 0.2) is 0 Å². The maximum atomic E-state index is 11.5. The van der Waals surface area contributed by atoms with E-state index in [1.54, 1.807) is 12.1 Å². The van der Waals surface area contributed by atoms with E-state index in [-0.39, 0.29) is 11.5 Å². The van der Waals surface area contributed by atoms with Crippen LogP contribution in [0.25, 0.3) is 0 Å². The molecular formula is C15H18ClN5O2. The minimum absolute atomic E-state index is 0.106. The van der Waals surface area contributed by atoms with Gasteiger partial charge < -0.3 is 10.2 Å². The Labute approximate surface area is 139 Å². The van der Waals surface area contributed by atoms with Crippen molar-refractivity contribution in [2.75, 3.05) is 23.3 Å². The summed E-state index contributed by atoms with van der Waals surface area (Å²) in [4.78, 5) is 21.0. The monoisotopic (exact) mass is 335 g/mol. The average Bonchev–Trinajstić information content (AvgIpc) is 2.55. The van der Waals surface area contributed by atoms with E-state index < -0.39 is 4.92 Å². The second-order valence-electron chi connectivity index (χ2n) is 4.80. The van der Waals surface area contributed by atoms with Crippen LogP contribution in [0.2, 0.25) is 5.02 Å². The van der Waals surface area contributed by atoms with Gasteiger partial charge in [0.25, 0.3) is 0 Å². The first-order chi connectivity index (χ1) is 11.1. The second kappa shape index (κ2) is 7.73. The summed E-state index contributed by atoms with van der Waals surface area (Å²) in [6, 6.07) is 7.25. The zero-order valence-corrected chi connectivity index (χ0v) is 13.7. The zero-order valence-electron chi connectivity index (χ0n) is 13.0. The fraction of sp³-hybridized carbons (Fsp3) is 0.333. The number of nitrogens with zero attached hydrogens (tertiary/aromatic N) is 4. The first-order valence-electron chi connectivity index (χ1n) is 7.29. The Morgan fingerprint density at radius 1 is 1.22 bits per heavy atom. The topological polar surface area (TPSA) is 84.2 Å². The van der Waals surface area contributed by atoms with Crippen molar-refractivity contribution in [3.8, 4) is 0 Å². The Balaban J connectivity index is 2.28. The highest BCUT2D eigenvalue weighted by molar-refractivity contribution is 6.30. The van der Waals surface area contributed by atoms with E-state index in [9.17, 15) is 10.1 Å². The van der Waals surface area contributed by atoms with Gasteiger partial charge in [-0.15, -0.1) is 0 Å². The fourth-order valence-electron chi connectivity index (χ4n) is 2.21. The summed E-state index contributed by atoms with van der Waals surface area (Å²) in [7, 11) is 0. The second-order valence-corrected chi connectivity index (χ2v) is 5.24. The van der Waals surface area contributed by atoms with Crippen LogP contribution in [0.5, 0.6) is 0 Å². The van der Waals surface area contributed by atoms with Gasteiger partial charge in [0.1, 0.15) is 6.33 Å². The van der Waals surface area contributed by atoms with E-state index in [0.29, 0.717) is 30.5 Å². The van der Waals surface area contributed by atoms with Gasteiger partial charge in [0.2, 0.25) is 11.6 Å². The molecular weight excluding hydrogens is 318 g/mol. The lowest BCUT2D eigenvalue weighted by atomic mass is 10.2. The van der Waals surface area contributed by atoms with E-state index in [1.807, 2.05) is 30.9 Å². The largest absolute Gasteiger partial charge is 0.360 e. The predicted octanol–water partition coefficient (Wildman–Crippen LogP) is 3.50. The predicted molar refractivity (Wildman–Crippen MR) is 91.0 cm³/mol. The molecule has 0 aliphatic carbocycles. The van der Waals surface area contributed by atoms with Gasteiger partial charge in [-0.25, -0.2) is 9.97 Å². The van der Waals surface area contributed by atoms with Gasteiger partial charge in [-0.2, -0.15) is 0 Å². The highest BCUT2D eigenvalue weighted by Gasteiger charge is 2.25. The molecule has 122 valence electrons. The highest BCUT2D eigenvalue weighted by atomic mass is 35.5. The standard InChI is InChI=1S/C15H18ClN5O2/c1-3-20(4-2)15-13(21(22)23)14(18-10-19-15)17-9-11-5-7-12(16)8-6-11/h5-8,10H,3-4,9H2,1-2H3,(H,17,18,19). The summed E-state index contributed by atoms with van der Waals surface area (Å²) in [5, 5.41) is 15.1. The van der Waals surface area contributed by atoms with Crippen molar-refractivity contribution in [1.29, 1.82) is 0 Å². The molecule has 0 atom stereocenters.